The van der Waals surface area contributed by atoms with Crippen LogP contribution in [0.5, 0.6) is 11.5 Å². The highest BCUT2D eigenvalue weighted by atomic mass is 16.5. The van der Waals surface area contributed by atoms with Gasteiger partial charge in [-0.3, -0.25) is 9.59 Å². The second kappa shape index (κ2) is 9.25. The molecule has 0 aliphatic heterocycles. The second-order valence-corrected chi connectivity index (χ2v) is 5.69. The molecule has 0 aromatic heterocycles. The maximum atomic E-state index is 12.4. The Kier molecular flexibility index (Phi) is 6.78. The van der Waals surface area contributed by atoms with Crippen LogP contribution in [0.3, 0.4) is 0 Å². The first-order valence-electron chi connectivity index (χ1n) is 8.28. The summed E-state index contributed by atoms with van der Waals surface area (Å²) in [6.07, 6.45) is 0. The lowest BCUT2D eigenvalue weighted by Crippen LogP contribution is -2.37. The minimum atomic E-state index is -0.304. The fourth-order valence-corrected chi connectivity index (χ4v) is 2.53. The number of hydrogen-bond acceptors (Lipinski definition) is 5. The summed E-state index contributed by atoms with van der Waals surface area (Å²) in [7, 11) is 3.02. The summed E-state index contributed by atoms with van der Waals surface area (Å²) in [6.45, 7) is 1.96. The van der Waals surface area contributed by atoms with Gasteiger partial charge < -0.3 is 19.7 Å². The Balaban J connectivity index is 2.05. The molecule has 7 heteroatoms. The van der Waals surface area contributed by atoms with Crippen molar-refractivity contribution < 1.29 is 19.1 Å². The van der Waals surface area contributed by atoms with Crippen molar-refractivity contribution in [1.29, 1.82) is 5.26 Å². The monoisotopic (exact) mass is 367 g/mol. The molecule has 2 amide bonds. The van der Waals surface area contributed by atoms with E-state index in [0.717, 1.165) is 0 Å². The molecule has 7 nitrogen and oxygen atoms in total. The van der Waals surface area contributed by atoms with Crippen LogP contribution in [-0.2, 0) is 4.79 Å². The number of anilines is 1. The van der Waals surface area contributed by atoms with Gasteiger partial charge in [0.1, 0.15) is 11.5 Å². The molecule has 0 bridgehead atoms. The highest BCUT2D eigenvalue weighted by Crippen LogP contribution is 2.22. The molecule has 2 aromatic rings. The highest BCUT2D eigenvalue weighted by Gasteiger charge is 2.14. The van der Waals surface area contributed by atoms with Gasteiger partial charge in [-0.05, 0) is 30.3 Å². The Morgan fingerprint density at radius 2 is 1.78 bits per heavy atom. The number of nitrogens with zero attached hydrogens (tertiary/aromatic N) is 2. The zero-order valence-electron chi connectivity index (χ0n) is 15.5. The lowest BCUT2D eigenvalue weighted by molar-refractivity contribution is -0.116. The van der Waals surface area contributed by atoms with E-state index < -0.39 is 0 Å². The number of carbonyl (C=O) groups excluding carboxylic acids is 2. The van der Waals surface area contributed by atoms with Gasteiger partial charge >= 0.3 is 0 Å². The first-order chi connectivity index (χ1) is 13.0. The summed E-state index contributed by atoms with van der Waals surface area (Å²) in [4.78, 5) is 25.9. The van der Waals surface area contributed by atoms with Gasteiger partial charge in [-0.25, -0.2) is 0 Å². The van der Waals surface area contributed by atoms with Crippen molar-refractivity contribution in [2.45, 2.75) is 6.92 Å². The van der Waals surface area contributed by atoms with E-state index in [-0.39, 0.29) is 24.9 Å². The van der Waals surface area contributed by atoms with E-state index in [4.69, 9.17) is 14.7 Å². The van der Waals surface area contributed by atoms with Crippen LogP contribution in [0.25, 0.3) is 0 Å². The quantitative estimate of drug-likeness (QED) is 0.811. The molecule has 0 fully saturated rings. The molecule has 0 saturated carbocycles. The van der Waals surface area contributed by atoms with Gasteiger partial charge in [0, 0.05) is 37.3 Å². The molecule has 2 aromatic carbocycles. The second-order valence-electron chi connectivity index (χ2n) is 5.69. The first kappa shape index (κ1) is 19.8. The molecule has 140 valence electrons. The van der Waals surface area contributed by atoms with E-state index in [1.54, 1.807) is 42.5 Å². The summed E-state index contributed by atoms with van der Waals surface area (Å²) in [5.74, 6) is 0.542. The Labute approximate surface area is 158 Å². The number of methoxy groups -OCH3 is 2. The zero-order valence-corrected chi connectivity index (χ0v) is 15.5. The molecular weight excluding hydrogens is 346 g/mol. The standard InChI is InChI=1S/C20H21N3O4/c1-14(24)23(17-6-4-5-15(9-17)13-21)8-7-22-20(25)16-10-18(26-2)12-19(11-16)27-3/h4-6,9-12H,7-8H2,1-3H3,(H,22,25). The van der Waals surface area contributed by atoms with Crippen molar-refractivity contribution in [1.82, 2.24) is 5.32 Å². The van der Waals surface area contributed by atoms with E-state index in [9.17, 15) is 9.59 Å². The first-order valence-corrected chi connectivity index (χ1v) is 8.28. The van der Waals surface area contributed by atoms with Gasteiger partial charge in [0.25, 0.3) is 5.91 Å². The number of amides is 2. The van der Waals surface area contributed by atoms with Crippen LogP contribution in [0.15, 0.2) is 42.5 Å². The Hall–Kier alpha value is -3.53. The number of nitriles is 1. The molecular formula is C20H21N3O4. The molecule has 27 heavy (non-hydrogen) atoms. The minimum Gasteiger partial charge on any atom is -0.497 e. The third-order valence-corrected chi connectivity index (χ3v) is 3.90. The van der Waals surface area contributed by atoms with Crippen LogP contribution in [-0.4, -0.2) is 39.1 Å². The Morgan fingerprint density at radius 1 is 1.11 bits per heavy atom. The van der Waals surface area contributed by atoms with Crippen molar-refractivity contribution in [2.24, 2.45) is 0 Å². The smallest absolute Gasteiger partial charge is 0.251 e. The van der Waals surface area contributed by atoms with E-state index >= 15 is 0 Å². The van der Waals surface area contributed by atoms with Crippen molar-refractivity contribution >= 4 is 17.5 Å². The summed E-state index contributed by atoms with van der Waals surface area (Å²) in [6, 6.07) is 13.7. The number of benzene rings is 2. The van der Waals surface area contributed by atoms with Crippen LogP contribution in [0, 0.1) is 11.3 Å². The van der Waals surface area contributed by atoms with Crippen molar-refractivity contribution in [3.63, 3.8) is 0 Å². The van der Waals surface area contributed by atoms with Crippen molar-refractivity contribution in [2.75, 3.05) is 32.2 Å². The predicted molar refractivity (Wildman–Crippen MR) is 101 cm³/mol. The number of carbonyl (C=O) groups is 2. The maximum Gasteiger partial charge on any atom is 0.251 e. The average Bonchev–Trinajstić information content (AvgIpc) is 2.70. The topological polar surface area (TPSA) is 91.7 Å². The summed E-state index contributed by atoms with van der Waals surface area (Å²) in [5.41, 5.74) is 1.47. The number of ether oxygens (including phenoxy) is 2. The van der Waals surface area contributed by atoms with Crippen molar-refractivity contribution in [3.8, 4) is 17.6 Å². The average molecular weight is 367 g/mol. The molecule has 1 N–H and O–H groups in total. The van der Waals surface area contributed by atoms with Crippen LogP contribution < -0.4 is 19.7 Å². The van der Waals surface area contributed by atoms with Gasteiger partial charge in [0.15, 0.2) is 0 Å². The third-order valence-electron chi connectivity index (χ3n) is 3.90. The molecule has 0 aliphatic carbocycles. The molecule has 0 aliphatic rings. The number of nitrogens with one attached hydrogen (secondary N) is 1. The lowest BCUT2D eigenvalue weighted by Gasteiger charge is -2.21. The molecule has 0 atom stereocenters. The maximum absolute atomic E-state index is 12.4. The Morgan fingerprint density at radius 3 is 2.33 bits per heavy atom. The predicted octanol–water partition coefficient (Wildman–Crippen LogP) is 2.36. The molecule has 0 heterocycles. The van der Waals surface area contributed by atoms with Gasteiger partial charge in [-0.2, -0.15) is 5.26 Å². The van der Waals surface area contributed by atoms with Gasteiger partial charge in [-0.15, -0.1) is 0 Å². The van der Waals surface area contributed by atoms with Crippen LogP contribution >= 0.6 is 0 Å². The summed E-state index contributed by atoms with van der Waals surface area (Å²) < 4.78 is 10.3. The van der Waals surface area contributed by atoms with Crippen LogP contribution in [0.4, 0.5) is 5.69 Å². The van der Waals surface area contributed by atoms with E-state index in [1.165, 1.54) is 26.0 Å². The van der Waals surface area contributed by atoms with Gasteiger partial charge in [0.05, 0.1) is 25.9 Å². The van der Waals surface area contributed by atoms with E-state index in [0.29, 0.717) is 28.3 Å². The zero-order chi connectivity index (χ0) is 19.8. The molecule has 2 rings (SSSR count). The fraction of sp³-hybridized carbons (Fsp3) is 0.250. The van der Waals surface area contributed by atoms with E-state index in [2.05, 4.69) is 5.32 Å². The van der Waals surface area contributed by atoms with Crippen molar-refractivity contribution in [3.05, 3.63) is 53.6 Å². The van der Waals surface area contributed by atoms with Gasteiger partial charge in [0.2, 0.25) is 5.91 Å². The van der Waals surface area contributed by atoms with Crippen LogP contribution in [0.2, 0.25) is 0 Å². The Bertz CT molecular complexity index is 852. The fourth-order valence-electron chi connectivity index (χ4n) is 2.53. The largest absolute Gasteiger partial charge is 0.497 e. The summed E-state index contributed by atoms with van der Waals surface area (Å²) in [5, 5.41) is 11.8. The molecule has 0 radical (unpaired) electrons. The SMILES string of the molecule is COc1cc(OC)cc(C(=O)NCCN(C(C)=O)c2cccc(C#N)c2)c1. The summed E-state index contributed by atoms with van der Waals surface area (Å²) >= 11 is 0. The minimum absolute atomic E-state index is 0.178. The molecule has 0 spiro atoms. The van der Waals surface area contributed by atoms with E-state index in [1.807, 2.05) is 6.07 Å². The molecule has 0 saturated heterocycles. The highest BCUT2D eigenvalue weighted by molar-refractivity contribution is 5.95. The third kappa shape index (κ3) is 5.22. The number of hydrogen-bond donors (Lipinski definition) is 1. The number of rotatable bonds is 7. The normalized spacial score (nSPS) is 9.85. The van der Waals surface area contributed by atoms with Gasteiger partial charge in [-0.1, -0.05) is 6.07 Å². The van der Waals surface area contributed by atoms with Crippen LogP contribution in [0.1, 0.15) is 22.8 Å². The lowest BCUT2D eigenvalue weighted by atomic mass is 10.2. The molecule has 0 unspecified atom stereocenters.